The monoisotopic (exact) mass is 422 g/mol. The zero-order chi connectivity index (χ0) is 19.8. The third-order valence-corrected chi connectivity index (χ3v) is 8.16. The van der Waals surface area contributed by atoms with Crippen LogP contribution in [0.5, 0.6) is 0 Å². The molecule has 0 amide bonds. The van der Waals surface area contributed by atoms with E-state index in [2.05, 4.69) is 39.7 Å². The summed E-state index contributed by atoms with van der Waals surface area (Å²) in [5, 5.41) is 5.77. The van der Waals surface area contributed by atoms with Crippen LogP contribution < -0.4 is 10.0 Å². The van der Waals surface area contributed by atoms with Crippen LogP contribution in [0.25, 0.3) is 0 Å². The van der Waals surface area contributed by atoms with Crippen LogP contribution in [0.1, 0.15) is 34.4 Å². The third kappa shape index (κ3) is 3.52. The Kier molecular flexibility index (Phi) is 4.78. The molecule has 3 aromatic rings. The zero-order valence-electron chi connectivity index (χ0n) is 15.8. The summed E-state index contributed by atoms with van der Waals surface area (Å²) < 4.78 is 28.5. The Labute approximate surface area is 175 Å². The van der Waals surface area contributed by atoms with Gasteiger partial charge in [0.25, 0.3) is 0 Å². The van der Waals surface area contributed by atoms with E-state index in [-0.39, 0.29) is 18.5 Å². The average Bonchev–Trinajstić information content (AvgIpc) is 3.44. The molecule has 148 valence electrons. The van der Waals surface area contributed by atoms with Gasteiger partial charge >= 0.3 is 0 Å². The molecule has 0 spiro atoms. The molecule has 1 aromatic heterocycles. The number of benzene rings is 2. The van der Waals surface area contributed by atoms with Crippen molar-refractivity contribution in [2.75, 3.05) is 5.32 Å². The van der Waals surface area contributed by atoms with E-state index in [1.807, 2.05) is 42.5 Å². The van der Waals surface area contributed by atoms with Crippen molar-refractivity contribution >= 4 is 27.0 Å². The minimum atomic E-state index is -3.58. The minimum absolute atomic E-state index is 0.239. The molecule has 2 aromatic carbocycles. The van der Waals surface area contributed by atoms with E-state index < -0.39 is 10.0 Å². The fraction of sp³-hybridized carbons (Fsp3) is 0.217. The molecule has 1 aliphatic carbocycles. The number of anilines is 1. The molecule has 2 aliphatic rings. The van der Waals surface area contributed by atoms with Crippen molar-refractivity contribution in [1.29, 1.82) is 0 Å². The standard InChI is InChI=1S/C23H22N2O2S2/c26-29(27,24-15-16-6-2-1-3-7-16)17-11-12-21-20(14-17)18-8-4-9-19(18)23(25-21)22-10-5-13-28-22/h1-8,10-14,18-19,23-25H,9,15H2. The second-order valence-electron chi connectivity index (χ2n) is 7.55. The van der Waals surface area contributed by atoms with E-state index in [0.29, 0.717) is 10.8 Å². The Morgan fingerprint density at radius 3 is 2.72 bits per heavy atom. The Balaban J connectivity index is 1.44. The van der Waals surface area contributed by atoms with Gasteiger partial charge in [0, 0.05) is 23.0 Å². The van der Waals surface area contributed by atoms with Crippen LogP contribution in [0.2, 0.25) is 0 Å². The summed E-state index contributed by atoms with van der Waals surface area (Å²) in [6.45, 7) is 0.283. The molecule has 0 bridgehead atoms. The van der Waals surface area contributed by atoms with E-state index >= 15 is 0 Å². The predicted molar refractivity (Wildman–Crippen MR) is 118 cm³/mol. The van der Waals surface area contributed by atoms with Gasteiger partial charge in [0.2, 0.25) is 10.0 Å². The van der Waals surface area contributed by atoms with Crippen LogP contribution in [0.15, 0.2) is 83.1 Å². The SMILES string of the molecule is O=S(=O)(NCc1ccccc1)c1ccc2c(c1)C1C=CCC1C(c1cccs1)N2. The lowest BCUT2D eigenvalue weighted by atomic mass is 9.79. The average molecular weight is 423 g/mol. The first-order valence-corrected chi connectivity index (χ1v) is 12.1. The lowest BCUT2D eigenvalue weighted by Crippen LogP contribution is -2.29. The van der Waals surface area contributed by atoms with Gasteiger partial charge < -0.3 is 5.32 Å². The lowest BCUT2D eigenvalue weighted by molar-refractivity contribution is 0.429. The highest BCUT2D eigenvalue weighted by molar-refractivity contribution is 7.89. The Morgan fingerprint density at radius 2 is 1.93 bits per heavy atom. The van der Waals surface area contributed by atoms with Crippen molar-refractivity contribution < 1.29 is 8.42 Å². The van der Waals surface area contributed by atoms with Gasteiger partial charge in [-0.3, -0.25) is 0 Å². The maximum Gasteiger partial charge on any atom is 0.240 e. The molecular weight excluding hydrogens is 400 g/mol. The molecule has 0 saturated carbocycles. The van der Waals surface area contributed by atoms with Crippen molar-refractivity contribution in [2.24, 2.45) is 5.92 Å². The van der Waals surface area contributed by atoms with E-state index in [9.17, 15) is 8.42 Å². The van der Waals surface area contributed by atoms with Crippen LogP contribution in [0.4, 0.5) is 5.69 Å². The van der Waals surface area contributed by atoms with Crippen molar-refractivity contribution in [2.45, 2.75) is 29.8 Å². The van der Waals surface area contributed by atoms with Crippen molar-refractivity contribution in [1.82, 2.24) is 4.72 Å². The molecule has 3 atom stereocenters. The Bertz CT molecular complexity index is 1140. The zero-order valence-corrected chi connectivity index (χ0v) is 17.4. The normalized spacial score (nSPS) is 22.7. The number of hydrogen-bond acceptors (Lipinski definition) is 4. The van der Waals surface area contributed by atoms with Gasteiger partial charge in [-0.25, -0.2) is 13.1 Å². The van der Waals surface area contributed by atoms with E-state index in [1.54, 1.807) is 17.4 Å². The maximum absolute atomic E-state index is 12.9. The van der Waals surface area contributed by atoms with Crippen LogP contribution >= 0.6 is 11.3 Å². The van der Waals surface area contributed by atoms with E-state index in [4.69, 9.17) is 0 Å². The van der Waals surface area contributed by atoms with Crippen LogP contribution in [-0.2, 0) is 16.6 Å². The minimum Gasteiger partial charge on any atom is -0.377 e. The summed E-state index contributed by atoms with van der Waals surface area (Å²) in [6.07, 6.45) is 5.46. The molecule has 0 radical (unpaired) electrons. The summed E-state index contributed by atoms with van der Waals surface area (Å²) in [7, 11) is -3.58. The first-order chi connectivity index (χ1) is 14.1. The summed E-state index contributed by atoms with van der Waals surface area (Å²) in [4.78, 5) is 1.65. The fourth-order valence-electron chi connectivity index (χ4n) is 4.35. The number of thiophene rings is 1. The van der Waals surface area contributed by atoms with Gasteiger partial charge in [0.1, 0.15) is 0 Å². The molecule has 0 saturated heterocycles. The molecule has 5 rings (SSSR count). The number of sulfonamides is 1. The highest BCUT2D eigenvalue weighted by Crippen LogP contribution is 2.50. The van der Waals surface area contributed by atoms with Crippen molar-refractivity contribution in [3.05, 3.63) is 94.2 Å². The highest BCUT2D eigenvalue weighted by atomic mass is 32.2. The number of nitrogens with one attached hydrogen (secondary N) is 2. The Morgan fingerprint density at radius 1 is 1.07 bits per heavy atom. The van der Waals surface area contributed by atoms with E-state index in [1.165, 1.54) is 4.88 Å². The van der Waals surface area contributed by atoms with Crippen LogP contribution in [-0.4, -0.2) is 8.42 Å². The fourth-order valence-corrected chi connectivity index (χ4v) is 6.25. The molecule has 4 nitrogen and oxygen atoms in total. The molecule has 0 fully saturated rings. The van der Waals surface area contributed by atoms with Crippen molar-refractivity contribution in [3.63, 3.8) is 0 Å². The lowest BCUT2D eigenvalue weighted by Gasteiger charge is -2.37. The second-order valence-corrected chi connectivity index (χ2v) is 10.3. The number of fused-ring (bicyclic) bond motifs is 3. The smallest absolute Gasteiger partial charge is 0.240 e. The first-order valence-electron chi connectivity index (χ1n) is 9.76. The molecule has 6 heteroatoms. The molecule has 3 unspecified atom stereocenters. The molecule has 2 N–H and O–H groups in total. The number of allylic oxidation sites excluding steroid dienone is 2. The van der Waals surface area contributed by atoms with Gasteiger partial charge in [0.05, 0.1) is 10.9 Å². The highest BCUT2D eigenvalue weighted by Gasteiger charge is 2.38. The van der Waals surface area contributed by atoms with Gasteiger partial charge in [-0.2, -0.15) is 0 Å². The summed E-state index contributed by atoms with van der Waals surface area (Å²) in [5.74, 6) is 0.652. The maximum atomic E-state index is 12.9. The first kappa shape index (κ1) is 18.6. The predicted octanol–water partition coefficient (Wildman–Crippen LogP) is 5.05. The Hall–Kier alpha value is -2.41. The second kappa shape index (κ2) is 7.44. The molecule has 29 heavy (non-hydrogen) atoms. The number of hydrogen-bond donors (Lipinski definition) is 2. The van der Waals surface area contributed by atoms with Gasteiger partial charge in [0.15, 0.2) is 0 Å². The topological polar surface area (TPSA) is 58.2 Å². The third-order valence-electron chi connectivity index (χ3n) is 5.80. The summed E-state index contributed by atoms with van der Waals surface area (Å²) in [6, 6.07) is 19.5. The van der Waals surface area contributed by atoms with Gasteiger partial charge in [-0.1, -0.05) is 48.6 Å². The van der Waals surface area contributed by atoms with Crippen molar-refractivity contribution in [3.8, 4) is 0 Å². The largest absolute Gasteiger partial charge is 0.377 e. The van der Waals surface area contributed by atoms with Crippen LogP contribution in [0.3, 0.4) is 0 Å². The van der Waals surface area contributed by atoms with Gasteiger partial charge in [-0.15, -0.1) is 11.3 Å². The molecule has 2 heterocycles. The van der Waals surface area contributed by atoms with E-state index in [0.717, 1.165) is 23.2 Å². The quantitative estimate of drug-likeness (QED) is 0.566. The number of rotatable bonds is 5. The summed E-state index contributed by atoms with van der Waals surface area (Å²) in [5.41, 5.74) is 3.03. The van der Waals surface area contributed by atoms with Gasteiger partial charge in [-0.05, 0) is 53.1 Å². The van der Waals surface area contributed by atoms with Crippen LogP contribution in [0, 0.1) is 5.92 Å². The molecular formula is C23H22N2O2S2. The summed E-state index contributed by atoms with van der Waals surface area (Å²) >= 11 is 1.77. The molecule has 1 aliphatic heterocycles.